The molecule has 1 aromatic carbocycles. The minimum Gasteiger partial charge on any atom is -0.309 e. The standard InChI is InChI=1S/C12H9Br2F2NS/c1-17-11(10-5-8(13)12(14)18-10)7-4-6(15)2-3-9(7)16/h2-5,11,17H,1H3. The van der Waals surface area contributed by atoms with Gasteiger partial charge < -0.3 is 5.32 Å². The number of thiophene rings is 1. The number of hydrogen-bond acceptors (Lipinski definition) is 2. The van der Waals surface area contributed by atoms with E-state index >= 15 is 0 Å². The predicted molar refractivity (Wildman–Crippen MR) is 77.0 cm³/mol. The Kier molecular flexibility index (Phi) is 4.53. The Bertz CT molecular complexity index is 552. The van der Waals surface area contributed by atoms with Crippen LogP contribution in [0.15, 0.2) is 32.5 Å². The Morgan fingerprint density at radius 2 is 1.94 bits per heavy atom. The molecule has 0 aliphatic carbocycles. The third-order valence-corrected chi connectivity index (χ3v) is 5.83. The third-order valence-electron chi connectivity index (χ3n) is 2.51. The molecule has 2 aromatic rings. The van der Waals surface area contributed by atoms with Crippen LogP contribution in [0.3, 0.4) is 0 Å². The molecule has 0 bridgehead atoms. The lowest BCUT2D eigenvalue weighted by atomic mass is 10.0. The average molecular weight is 397 g/mol. The zero-order valence-corrected chi connectivity index (χ0v) is 13.3. The first-order chi connectivity index (χ1) is 8.52. The Balaban J connectivity index is 2.48. The lowest BCUT2D eigenvalue weighted by molar-refractivity contribution is 0.560. The molecule has 1 heterocycles. The van der Waals surface area contributed by atoms with Crippen molar-refractivity contribution in [1.82, 2.24) is 5.32 Å². The molecule has 96 valence electrons. The van der Waals surface area contributed by atoms with E-state index in [0.29, 0.717) is 5.56 Å². The normalized spacial score (nSPS) is 12.7. The molecule has 2 rings (SSSR count). The Morgan fingerprint density at radius 3 is 2.50 bits per heavy atom. The molecule has 1 nitrogen and oxygen atoms in total. The number of hydrogen-bond donors (Lipinski definition) is 1. The van der Waals surface area contributed by atoms with E-state index < -0.39 is 11.6 Å². The highest BCUT2D eigenvalue weighted by Gasteiger charge is 2.20. The molecule has 1 N–H and O–H groups in total. The smallest absolute Gasteiger partial charge is 0.128 e. The van der Waals surface area contributed by atoms with Gasteiger partial charge in [0.05, 0.1) is 9.83 Å². The molecule has 1 atom stereocenters. The van der Waals surface area contributed by atoms with Crippen molar-refractivity contribution in [3.8, 4) is 0 Å². The van der Waals surface area contributed by atoms with Gasteiger partial charge in [-0.2, -0.15) is 0 Å². The Morgan fingerprint density at radius 1 is 1.22 bits per heavy atom. The van der Waals surface area contributed by atoms with Crippen LogP contribution in [0.4, 0.5) is 8.78 Å². The van der Waals surface area contributed by atoms with Crippen LogP contribution < -0.4 is 5.32 Å². The van der Waals surface area contributed by atoms with E-state index in [1.807, 2.05) is 6.07 Å². The largest absolute Gasteiger partial charge is 0.309 e. The van der Waals surface area contributed by atoms with E-state index in [1.165, 1.54) is 17.4 Å². The van der Waals surface area contributed by atoms with Crippen molar-refractivity contribution in [3.05, 3.63) is 54.6 Å². The first-order valence-electron chi connectivity index (χ1n) is 5.10. The molecular weight excluding hydrogens is 388 g/mol. The second-order valence-electron chi connectivity index (χ2n) is 3.66. The maximum atomic E-state index is 13.8. The number of nitrogens with one attached hydrogen (secondary N) is 1. The van der Waals surface area contributed by atoms with Gasteiger partial charge in [-0.1, -0.05) is 0 Å². The summed E-state index contributed by atoms with van der Waals surface area (Å²) in [4.78, 5) is 0.903. The molecule has 1 aromatic heterocycles. The molecule has 0 saturated heterocycles. The van der Waals surface area contributed by atoms with E-state index in [0.717, 1.165) is 25.3 Å². The molecule has 0 fully saturated rings. The summed E-state index contributed by atoms with van der Waals surface area (Å²) in [5.41, 5.74) is 0.304. The van der Waals surface area contributed by atoms with Gasteiger partial charge in [0.15, 0.2) is 0 Å². The fourth-order valence-electron chi connectivity index (χ4n) is 1.69. The summed E-state index contributed by atoms with van der Waals surface area (Å²) in [6.45, 7) is 0. The molecule has 0 aliphatic rings. The lowest BCUT2D eigenvalue weighted by Crippen LogP contribution is -2.18. The number of rotatable bonds is 3. The van der Waals surface area contributed by atoms with Crippen LogP contribution in [0.25, 0.3) is 0 Å². The minimum atomic E-state index is -0.443. The van der Waals surface area contributed by atoms with Crippen LogP contribution in [0.2, 0.25) is 0 Å². The molecule has 0 amide bonds. The van der Waals surface area contributed by atoms with Gasteiger partial charge in [0.2, 0.25) is 0 Å². The fourth-order valence-corrected chi connectivity index (χ4v) is 3.91. The molecule has 18 heavy (non-hydrogen) atoms. The molecule has 1 unspecified atom stereocenters. The van der Waals surface area contributed by atoms with Crippen molar-refractivity contribution < 1.29 is 8.78 Å². The molecular formula is C12H9Br2F2NS. The zero-order chi connectivity index (χ0) is 13.3. The van der Waals surface area contributed by atoms with Crippen LogP contribution in [-0.2, 0) is 0 Å². The van der Waals surface area contributed by atoms with Crippen LogP contribution >= 0.6 is 43.2 Å². The highest BCUT2D eigenvalue weighted by molar-refractivity contribution is 9.13. The predicted octanol–water partition coefficient (Wildman–Crippen LogP) is 4.86. The van der Waals surface area contributed by atoms with Crippen LogP contribution in [0.5, 0.6) is 0 Å². The van der Waals surface area contributed by atoms with Gasteiger partial charge in [-0.15, -0.1) is 11.3 Å². The summed E-state index contributed by atoms with van der Waals surface area (Å²) < 4.78 is 28.8. The summed E-state index contributed by atoms with van der Waals surface area (Å²) in [5, 5.41) is 3.01. The van der Waals surface area contributed by atoms with Crippen molar-refractivity contribution in [2.45, 2.75) is 6.04 Å². The lowest BCUT2D eigenvalue weighted by Gasteiger charge is -2.15. The first-order valence-corrected chi connectivity index (χ1v) is 7.50. The van der Waals surface area contributed by atoms with Crippen LogP contribution in [0, 0.1) is 11.6 Å². The van der Waals surface area contributed by atoms with Gasteiger partial charge >= 0.3 is 0 Å². The van der Waals surface area contributed by atoms with Crippen molar-refractivity contribution in [1.29, 1.82) is 0 Å². The second-order valence-corrected chi connectivity index (χ2v) is 6.91. The van der Waals surface area contributed by atoms with E-state index in [-0.39, 0.29) is 6.04 Å². The highest BCUT2D eigenvalue weighted by Crippen LogP contribution is 2.38. The topological polar surface area (TPSA) is 12.0 Å². The van der Waals surface area contributed by atoms with E-state index in [4.69, 9.17) is 0 Å². The summed E-state index contributed by atoms with van der Waals surface area (Å²) in [6.07, 6.45) is 0. The van der Waals surface area contributed by atoms with Gasteiger partial charge in [0.1, 0.15) is 11.6 Å². The van der Waals surface area contributed by atoms with E-state index in [9.17, 15) is 8.78 Å². The number of benzene rings is 1. The summed E-state index contributed by atoms with van der Waals surface area (Å²) in [6, 6.07) is 5.00. The van der Waals surface area contributed by atoms with Crippen LogP contribution in [-0.4, -0.2) is 7.05 Å². The molecule has 0 saturated carbocycles. The number of halogens is 4. The summed E-state index contributed by atoms with van der Waals surface area (Å²) in [7, 11) is 1.72. The van der Waals surface area contributed by atoms with Gasteiger partial charge in [-0.3, -0.25) is 0 Å². The Hall–Kier alpha value is -0.300. The second kappa shape index (κ2) is 5.77. The van der Waals surface area contributed by atoms with Gasteiger partial charge in [0, 0.05) is 14.9 Å². The van der Waals surface area contributed by atoms with Gasteiger partial charge in [0.25, 0.3) is 0 Å². The summed E-state index contributed by atoms with van der Waals surface area (Å²) in [5.74, 6) is -0.863. The van der Waals surface area contributed by atoms with Crippen molar-refractivity contribution in [3.63, 3.8) is 0 Å². The van der Waals surface area contributed by atoms with E-state index in [2.05, 4.69) is 37.2 Å². The average Bonchev–Trinajstić information content (AvgIpc) is 2.65. The van der Waals surface area contributed by atoms with Gasteiger partial charge in [-0.05, 0) is 63.2 Å². The summed E-state index contributed by atoms with van der Waals surface area (Å²) >= 11 is 8.26. The SMILES string of the molecule is CNC(c1cc(Br)c(Br)s1)c1cc(F)ccc1F. The van der Waals surface area contributed by atoms with Gasteiger partial charge in [-0.25, -0.2) is 8.78 Å². The van der Waals surface area contributed by atoms with Crippen molar-refractivity contribution in [2.75, 3.05) is 7.05 Å². The molecule has 0 radical (unpaired) electrons. The highest BCUT2D eigenvalue weighted by atomic mass is 79.9. The molecule has 0 aliphatic heterocycles. The maximum absolute atomic E-state index is 13.8. The Labute approximate surface area is 124 Å². The molecule has 6 heteroatoms. The quantitative estimate of drug-likeness (QED) is 0.781. The monoisotopic (exact) mass is 395 g/mol. The van der Waals surface area contributed by atoms with E-state index in [1.54, 1.807) is 7.05 Å². The zero-order valence-electron chi connectivity index (χ0n) is 9.31. The van der Waals surface area contributed by atoms with Crippen molar-refractivity contribution in [2.24, 2.45) is 0 Å². The van der Waals surface area contributed by atoms with Crippen LogP contribution in [0.1, 0.15) is 16.5 Å². The minimum absolute atomic E-state index is 0.304. The maximum Gasteiger partial charge on any atom is 0.128 e. The molecule has 0 spiro atoms. The van der Waals surface area contributed by atoms with Crippen molar-refractivity contribution >= 4 is 43.2 Å². The fraction of sp³-hybridized carbons (Fsp3) is 0.167. The third kappa shape index (κ3) is 2.82. The first kappa shape index (κ1) is 14.1.